The molecule has 0 aliphatic rings. The molecule has 140 valence electrons. The molecule has 0 fully saturated rings. The second-order valence-electron chi connectivity index (χ2n) is 5.39. The number of benzene rings is 2. The van der Waals surface area contributed by atoms with Crippen LogP contribution in [0.15, 0.2) is 54.7 Å². The molecule has 0 aliphatic heterocycles. The highest BCUT2D eigenvalue weighted by Crippen LogP contribution is 2.35. The molecule has 2 aromatic carbocycles. The van der Waals surface area contributed by atoms with Crippen molar-refractivity contribution in [2.75, 3.05) is 17.2 Å². The second-order valence-corrected chi connectivity index (χ2v) is 5.39. The van der Waals surface area contributed by atoms with E-state index in [4.69, 9.17) is 4.74 Å². The first-order chi connectivity index (χ1) is 13.0. The van der Waals surface area contributed by atoms with Crippen LogP contribution >= 0.6 is 0 Å². The molecule has 6 nitrogen and oxygen atoms in total. The van der Waals surface area contributed by atoms with Crippen LogP contribution in [-0.4, -0.2) is 21.8 Å². The molecule has 9 heteroatoms. The fourth-order valence-electron chi connectivity index (χ4n) is 2.37. The molecule has 0 atom stereocenters. The molecule has 0 aliphatic carbocycles. The third-order valence-electron chi connectivity index (χ3n) is 3.49. The van der Waals surface area contributed by atoms with Gasteiger partial charge in [0.05, 0.1) is 29.7 Å². The first kappa shape index (κ1) is 18.4. The van der Waals surface area contributed by atoms with Crippen molar-refractivity contribution >= 4 is 23.1 Å². The lowest BCUT2D eigenvalue weighted by molar-refractivity contribution is -0.136. The lowest BCUT2D eigenvalue weighted by atomic mass is 10.1. The minimum atomic E-state index is -4.48. The summed E-state index contributed by atoms with van der Waals surface area (Å²) < 4.78 is 44.9. The summed E-state index contributed by atoms with van der Waals surface area (Å²) in [5.41, 5.74) is -0.292. The molecule has 2 N–H and O–H groups in total. The molecule has 0 bridgehead atoms. The van der Waals surface area contributed by atoms with Gasteiger partial charge in [0, 0.05) is 0 Å². The Morgan fingerprint density at radius 2 is 1.67 bits per heavy atom. The first-order valence-electron chi connectivity index (χ1n) is 8.09. The van der Waals surface area contributed by atoms with Crippen LogP contribution in [0.3, 0.4) is 0 Å². The van der Waals surface area contributed by atoms with Crippen molar-refractivity contribution in [3.8, 4) is 5.75 Å². The van der Waals surface area contributed by atoms with E-state index in [1.54, 1.807) is 18.2 Å². The predicted octanol–water partition coefficient (Wildman–Crippen LogP) is 4.78. The minimum Gasteiger partial charge on any atom is -0.492 e. The Hall–Kier alpha value is -3.36. The number of hydrogen-bond donors (Lipinski definition) is 2. The quantitative estimate of drug-likeness (QED) is 0.646. The fourth-order valence-corrected chi connectivity index (χ4v) is 2.37. The SMILES string of the molecule is CCOc1ccccc1Nc1nncc(Nc2ccccc2C(F)(F)F)n1. The number of hydrogen-bond acceptors (Lipinski definition) is 6. The molecule has 3 aromatic rings. The van der Waals surface area contributed by atoms with Crippen LogP contribution in [0.2, 0.25) is 0 Å². The number of anilines is 4. The molecule has 1 heterocycles. The smallest absolute Gasteiger partial charge is 0.418 e. The summed E-state index contributed by atoms with van der Waals surface area (Å²) in [5.74, 6) is 0.846. The third-order valence-corrected chi connectivity index (χ3v) is 3.49. The van der Waals surface area contributed by atoms with Crippen molar-refractivity contribution in [1.29, 1.82) is 0 Å². The van der Waals surface area contributed by atoms with Crippen LogP contribution in [0.5, 0.6) is 5.75 Å². The molecule has 3 rings (SSSR count). The normalized spacial score (nSPS) is 11.1. The van der Waals surface area contributed by atoms with E-state index in [0.717, 1.165) is 6.07 Å². The number of nitrogens with one attached hydrogen (secondary N) is 2. The van der Waals surface area contributed by atoms with Gasteiger partial charge in [0.1, 0.15) is 5.75 Å². The van der Waals surface area contributed by atoms with Gasteiger partial charge in [0.25, 0.3) is 0 Å². The van der Waals surface area contributed by atoms with Crippen LogP contribution in [0.25, 0.3) is 0 Å². The lowest BCUT2D eigenvalue weighted by Gasteiger charge is -2.14. The maximum Gasteiger partial charge on any atom is 0.418 e. The van der Waals surface area contributed by atoms with E-state index >= 15 is 0 Å². The Morgan fingerprint density at radius 3 is 2.41 bits per heavy atom. The molecule has 27 heavy (non-hydrogen) atoms. The number of ether oxygens (including phenoxy) is 1. The Morgan fingerprint density at radius 1 is 0.963 bits per heavy atom. The minimum absolute atomic E-state index is 0.119. The average Bonchev–Trinajstić information content (AvgIpc) is 2.63. The van der Waals surface area contributed by atoms with Crippen molar-refractivity contribution in [2.24, 2.45) is 0 Å². The van der Waals surface area contributed by atoms with Crippen LogP contribution in [0, 0.1) is 0 Å². The van der Waals surface area contributed by atoms with Crippen molar-refractivity contribution in [3.05, 3.63) is 60.3 Å². The average molecular weight is 375 g/mol. The number of aromatic nitrogens is 3. The van der Waals surface area contributed by atoms with E-state index in [2.05, 4.69) is 25.8 Å². The summed E-state index contributed by atoms with van der Waals surface area (Å²) >= 11 is 0. The van der Waals surface area contributed by atoms with E-state index in [0.29, 0.717) is 18.0 Å². The monoisotopic (exact) mass is 375 g/mol. The first-order valence-corrected chi connectivity index (χ1v) is 8.09. The maximum atomic E-state index is 13.1. The highest BCUT2D eigenvalue weighted by atomic mass is 19.4. The zero-order valence-corrected chi connectivity index (χ0v) is 14.3. The zero-order chi connectivity index (χ0) is 19.3. The van der Waals surface area contributed by atoms with Gasteiger partial charge >= 0.3 is 6.18 Å². The van der Waals surface area contributed by atoms with E-state index in [1.807, 2.05) is 13.0 Å². The molecule has 1 aromatic heterocycles. The Kier molecular flexibility index (Phi) is 5.39. The van der Waals surface area contributed by atoms with Gasteiger partial charge in [-0.2, -0.15) is 23.3 Å². The number of alkyl halides is 3. The molecular weight excluding hydrogens is 359 g/mol. The number of halogens is 3. The van der Waals surface area contributed by atoms with Gasteiger partial charge < -0.3 is 15.4 Å². The molecule has 0 radical (unpaired) electrons. The van der Waals surface area contributed by atoms with Gasteiger partial charge in [0.2, 0.25) is 5.95 Å². The van der Waals surface area contributed by atoms with Gasteiger partial charge in [0.15, 0.2) is 5.82 Å². The van der Waals surface area contributed by atoms with Crippen LogP contribution in [-0.2, 0) is 6.18 Å². The van der Waals surface area contributed by atoms with Crippen LogP contribution in [0.4, 0.5) is 36.3 Å². The van der Waals surface area contributed by atoms with E-state index < -0.39 is 11.7 Å². The van der Waals surface area contributed by atoms with Crippen molar-refractivity contribution in [3.63, 3.8) is 0 Å². The van der Waals surface area contributed by atoms with E-state index in [9.17, 15) is 13.2 Å². The number of rotatable bonds is 6. The number of para-hydroxylation sites is 3. The Bertz CT molecular complexity index is 917. The van der Waals surface area contributed by atoms with Crippen molar-refractivity contribution in [1.82, 2.24) is 15.2 Å². The maximum absolute atomic E-state index is 13.1. The highest BCUT2D eigenvalue weighted by molar-refractivity contribution is 5.65. The Balaban J connectivity index is 1.84. The largest absolute Gasteiger partial charge is 0.492 e. The number of nitrogens with zero attached hydrogens (tertiary/aromatic N) is 3. The van der Waals surface area contributed by atoms with Gasteiger partial charge in [-0.05, 0) is 31.2 Å². The van der Waals surface area contributed by atoms with Gasteiger partial charge in [-0.15, -0.1) is 5.10 Å². The van der Waals surface area contributed by atoms with Gasteiger partial charge in [-0.3, -0.25) is 0 Å². The van der Waals surface area contributed by atoms with Crippen LogP contribution in [0.1, 0.15) is 12.5 Å². The Labute approximate surface area is 153 Å². The zero-order valence-electron chi connectivity index (χ0n) is 14.3. The summed E-state index contributed by atoms with van der Waals surface area (Å²) in [6.07, 6.45) is -3.24. The third kappa shape index (κ3) is 4.63. The highest BCUT2D eigenvalue weighted by Gasteiger charge is 2.33. The topological polar surface area (TPSA) is 72.0 Å². The fraction of sp³-hybridized carbons (Fsp3) is 0.167. The molecule has 0 spiro atoms. The van der Waals surface area contributed by atoms with Crippen molar-refractivity contribution < 1.29 is 17.9 Å². The van der Waals surface area contributed by atoms with E-state index in [1.165, 1.54) is 24.4 Å². The molecular formula is C18H16F3N5O. The van der Waals surface area contributed by atoms with Gasteiger partial charge in [-0.25, -0.2) is 0 Å². The standard InChI is InChI=1S/C18H16F3N5O/c1-2-27-15-10-6-5-9-14(15)24-17-25-16(11-22-26-17)23-13-8-4-3-7-12(13)18(19,20)21/h3-11H,2H2,1H3,(H2,23,24,25,26). The second kappa shape index (κ2) is 7.90. The molecule has 0 saturated heterocycles. The predicted molar refractivity (Wildman–Crippen MR) is 95.4 cm³/mol. The van der Waals surface area contributed by atoms with Crippen molar-refractivity contribution in [2.45, 2.75) is 13.1 Å². The summed E-state index contributed by atoms with van der Waals surface area (Å²) in [6.45, 7) is 2.34. The van der Waals surface area contributed by atoms with Crippen LogP contribution < -0.4 is 15.4 Å². The summed E-state index contributed by atoms with van der Waals surface area (Å²) in [4.78, 5) is 4.17. The lowest BCUT2D eigenvalue weighted by Crippen LogP contribution is -2.10. The molecule has 0 saturated carbocycles. The summed E-state index contributed by atoms with van der Waals surface area (Å²) in [5, 5.41) is 13.2. The summed E-state index contributed by atoms with van der Waals surface area (Å²) in [6, 6.07) is 12.3. The molecule has 0 unspecified atom stereocenters. The van der Waals surface area contributed by atoms with Gasteiger partial charge in [-0.1, -0.05) is 24.3 Å². The van der Waals surface area contributed by atoms with E-state index in [-0.39, 0.29) is 17.5 Å². The molecule has 0 amide bonds. The summed E-state index contributed by atoms with van der Waals surface area (Å²) in [7, 11) is 0.